The molecule has 0 bridgehead atoms. The molecule has 0 fully saturated rings. The number of amides is 1. The number of fused-ring (bicyclic) bond motifs is 2. The van der Waals surface area contributed by atoms with Crippen molar-refractivity contribution >= 4 is 44.9 Å². The van der Waals surface area contributed by atoms with Crippen LogP contribution in [-0.4, -0.2) is 29.0 Å². The van der Waals surface area contributed by atoms with Gasteiger partial charge in [-0.1, -0.05) is 48.5 Å². The van der Waals surface area contributed by atoms with Crippen LogP contribution in [0.1, 0.15) is 15.9 Å². The van der Waals surface area contributed by atoms with Gasteiger partial charge in [0.2, 0.25) is 0 Å². The van der Waals surface area contributed by atoms with Gasteiger partial charge >= 0.3 is 12.1 Å². The van der Waals surface area contributed by atoms with Gasteiger partial charge in [-0.3, -0.25) is 10.2 Å². The fraction of sp³-hybridized carbons (Fsp3) is 0.0417. The zero-order valence-electron chi connectivity index (χ0n) is 17.0. The second-order valence-corrected chi connectivity index (χ2v) is 7.01. The monoisotopic (exact) mass is 453 g/mol. The number of hydrogen-bond acceptors (Lipinski definition) is 3. The Hall–Kier alpha value is -4.40. The highest BCUT2D eigenvalue weighted by Crippen LogP contribution is 2.21. The van der Waals surface area contributed by atoms with Crippen LogP contribution in [-0.2, 0) is 4.79 Å². The van der Waals surface area contributed by atoms with Crippen molar-refractivity contribution in [2.24, 2.45) is 5.73 Å². The quantitative estimate of drug-likeness (QED) is 0.253. The molecule has 0 unspecified atom stereocenters. The predicted molar refractivity (Wildman–Crippen MR) is 121 cm³/mol. The lowest BCUT2D eigenvalue weighted by Crippen LogP contribution is -2.21. The first-order chi connectivity index (χ1) is 15.5. The number of nitrogen functional groups attached to an aromatic ring is 1. The summed E-state index contributed by atoms with van der Waals surface area (Å²) in [6.07, 6.45) is -5.08. The van der Waals surface area contributed by atoms with Gasteiger partial charge in [0.05, 0.1) is 0 Å². The Balaban J connectivity index is 0.000000383. The predicted octanol–water partition coefficient (Wildman–Crippen LogP) is 5.16. The maximum Gasteiger partial charge on any atom is 0.490 e. The van der Waals surface area contributed by atoms with Crippen LogP contribution in [0.3, 0.4) is 0 Å². The van der Waals surface area contributed by atoms with Crippen molar-refractivity contribution < 1.29 is 27.9 Å². The summed E-state index contributed by atoms with van der Waals surface area (Å²) >= 11 is 0. The van der Waals surface area contributed by atoms with Crippen molar-refractivity contribution in [3.8, 4) is 0 Å². The van der Waals surface area contributed by atoms with Crippen LogP contribution in [0.15, 0.2) is 78.9 Å². The molecule has 0 heterocycles. The standard InChI is InChI=1S/C22H17N3O.C2HF3O2/c23-21(24)18-7-5-17-12-19(8-6-16(17)11-18)22(26)25-20-10-9-14-3-1-2-4-15(14)13-20;3-2(4,5)1(6)7/h1-13H,(H3,23,24)(H,25,26);(H,6,7). The van der Waals surface area contributed by atoms with Crippen LogP contribution in [0.25, 0.3) is 21.5 Å². The highest BCUT2D eigenvalue weighted by Gasteiger charge is 2.38. The molecule has 0 spiro atoms. The molecule has 6 nitrogen and oxygen atoms in total. The molecule has 0 aliphatic heterocycles. The topological polar surface area (TPSA) is 116 Å². The molecule has 0 aliphatic carbocycles. The van der Waals surface area contributed by atoms with Gasteiger partial charge in [-0.15, -0.1) is 0 Å². The van der Waals surface area contributed by atoms with Gasteiger partial charge in [-0.05, 0) is 51.9 Å². The van der Waals surface area contributed by atoms with Crippen molar-refractivity contribution in [2.75, 3.05) is 5.32 Å². The fourth-order valence-electron chi connectivity index (χ4n) is 3.02. The van der Waals surface area contributed by atoms with Gasteiger partial charge in [-0.2, -0.15) is 13.2 Å². The van der Waals surface area contributed by atoms with Crippen LogP contribution in [0.5, 0.6) is 0 Å². The summed E-state index contributed by atoms with van der Waals surface area (Å²) in [7, 11) is 0. The fourth-order valence-corrected chi connectivity index (χ4v) is 3.02. The highest BCUT2D eigenvalue weighted by atomic mass is 19.4. The Morgan fingerprint density at radius 3 is 1.85 bits per heavy atom. The Bertz CT molecular complexity index is 1370. The summed E-state index contributed by atoms with van der Waals surface area (Å²) in [4.78, 5) is 21.5. The molecule has 33 heavy (non-hydrogen) atoms. The lowest BCUT2D eigenvalue weighted by Gasteiger charge is -2.08. The van der Waals surface area contributed by atoms with Crippen molar-refractivity contribution in [3.05, 3.63) is 90.0 Å². The number of aliphatic carboxylic acids is 1. The summed E-state index contributed by atoms with van der Waals surface area (Å²) in [5.74, 6) is -2.88. The normalized spacial score (nSPS) is 10.9. The van der Waals surface area contributed by atoms with Gasteiger partial charge in [0, 0.05) is 16.8 Å². The van der Waals surface area contributed by atoms with E-state index in [0.717, 1.165) is 27.2 Å². The summed E-state index contributed by atoms with van der Waals surface area (Å²) in [5.41, 5.74) is 7.55. The Morgan fingerprint density at radius 1 is 0.788 bits per heavy atom. The van der Waals surface area contributed by atoms with E-state index in [1.165, 1.54) is 0 Å². The maximum atomic E-state index is 12.6. The number of carbonyl (C=O) groups excluding carboxylic acids is 1. The number of alkyl halides is 3. The maximum absolute atomic E-state index is 12.6. The third-order valence-corrected chi connectivity index (χ3v) is 4.66. The number of anilines is 1. The average molecular weight is 453 g/mol. The largest absolute Gasteiger partial charge is 0.490 e. The number of amidine groups is 1. The lowest BCUT2D eigenvalue weighted by molar-refractivity contribution is -0.192. The van der Waals surface area contributed by atoms with Gasteiger partial charge in [0.1, 0.15) is 5.84 Å². The zero-order chi connectivity index (χ0) is 24.2. The van der Waals surface area contributed by atoms with Crippen molar-refractivity contribution in [1.82, 2.24) is 0 Å². The van der Waals surface area contributed by atoms with E-state index in [2.05, 4.69) is 5.32 Å². The second kappa shape index (κ2) is 9.39. The SMILES string of the molecule is N=C(N)c1ccc2cc(C(=O)Nc3ccc4ccccc4c3)ccc2c1.O=C(O)C(F)(F)F. The van der Waals surface area contributed by atoms with E-state index < -0.39 is 12.1 Å². The zero-order valence-corrected chi connectivity index (χ0v) is 17.0. The number of carboxylic acids is 1. The number of benzene rings is 4. The molecule has 0 saturated carbocycles. The molecule has 0 saturated heterocycles. The van der Waals surface area contributed by atoms with Crippen molar-refractivity contribution in [3.63, 3.8) is 0 Å². The number of nitrogens with two attached hydrogens (primary N) is 1. The second-order valence-electron chi connectivity index (χ2n) is 7.01. The molecule has 9 heteroatoms. The molecule has 5 N–H and O–H groups in total. The van der Waals surface area contributed by atoms with Crippen LogP contribution in [0.4, 0.5) is 18.9 Å². The summed E-state index contributed by atoms with van der Waals surface area (Å²) < 4.78 is 31.7. The molecule has 0 aromatic heterocycles. The molecule has 4 aromatic rings. The third kappa shape index (κ3) is 5.85. The lowest BCUT2D eigenvalue weighted by atomic mass is 10.0. The average Bonchev–Trinajstić information content (AvgIpc) is 2.78. The molecule has 4 rings (SSSR count). The molecule has 0 atom stereocenters. The molecule has 0 aliphatic rings. The first kappa shape index (κ1) is 23.3. The molecule has 0 radical (unpaired) electrons. The van der Waals surface area contributed by atoms with E-state index in [-0.39, 0.29) is 11.7 Å². The number of carbonyl (C=O) groups is 2. The van der Waals surface area contributed by atoms with E-state index >= 15 is 0 Å². The Labute approximate surface area is 186 Å². The smallest absolute Gasteiger partial charge is 0.475 e. The summed E-state index contributed by atoms with van der Waals surface area (Å²) in [5, 5.41) is 21.7. The van der Waals surface area contributed by atoms with Gasteiger partial charge in [0.15, 0.2) is 0 Å². The van der Waals surface area contributed by atoms with E-state index in [1.54, 1.807) is 12.1 Å². The van der Waals surface area contributed by atoms with Crippen LogP contribution >= 0.6 is 0 Å². The van der Waals surface area contributed by atoms with Crippen LogP contribution in [0.2, 0.25) is 0 Å². The highest BCUT2D eigenvalue weighted by molar-refractivity contribution is 6.08. The Kier molecular flexibility index (Phi) is 6.62. The molecular weight excluding hydrogens is 435 g/mol. The first-order valence-electron chi connectivity index (χ1n) is 9.53. The first-order valence-corrected chi connectivity index (χ1v) is 9.53. The van der Waals surface area contributed by atoms with Crippen molar-refractivity contribution in [1.29, 1.82) is 5.41 Å². The van der Waals surface area contributed by atoms with Gasteiger partial charge in [0.25, 0.3) is 5.91 Å². The summed E-state index contributed by atoms with van der Waals surface area (Å²) in [6, 6.07) is 24.9. The minimum absolute atomic E-state index is 0.0324. The number of rotatable bonds is 3. The number of carboxylic acid groups (broad SMARTS) is 1. The van der Waals surface area contributed by atoms with E-state index in [4.69, 9.17) is 21.0 Å². The minimum atomic E-state index is -5.08. The van der Waals surface area contributed by atoms with Crippen molar-refractivity contribution in [2.45, 2.75) is 6.18 Å². The van der Waals surface area contributed by atoms with Crippen LogP contribution in [0, 0.1) is 5.41 Å². The number of hydrogen-bond donors (Lipinski definition) is 4. The summed E-state index contributed by atoms with van der Waals surface area (Å²) in [6.45, 7) is 0. The molecule has 4 aromatic carbocycles. The van der Waals surface area contributed by atoms with Crippen LogP contribution < -0.4 is 11.1 Å². The van der Waals surface area contributed by atoms with E-state index in [1.807, 2.05) is 66.7 Å². The molecular formula is C24H18F3N3O3. The number of nitrogens with one attached hydrogen (secondary N) is 2. The Morgan fingerprint density at radius 2 is 1.27 bits per heavy atom. The van der Waals surface area contributed by atoms with Gasteiger partial charge < -0.3 is 16.2 Å². The van der Waals surface area contributed by atoms with E-state index in [0.29, 0.717) is 11.1 Å². The van der Waals surface area contributed by atoms with E-state index in [9.17, 15) is 18.0 Å². The van der Waals surface area contributed by atoms with Gasteiger partial charge in [-0.25, -0.2) is 4.79 Å². The minimum Gasteiger partial charge on any atom is -0.475 e. The molecule has 1 amide bonds. The third-order valence-electron chi connectivity index (χ3n) is 4.66. The number of halogens is 3. The molecule has 168 valence electrons.